The number of aromatic nitrogens is 1. The molecule has 11 nitrogen and oxygen atoms in total. The average Bonchev–Trinajstić information content (AvgIpc) is 3.45. The maximum Gasteiger partial charge on any atom is 0.260 e. The number of rotatable bonds is 7. The Labute approximate surface area is 257 Å². The van der Waals surface area contributed by atoms with Gasteiger partial charge in [0.2, 0.25) is 16.3 Å². The van der Waals surface area contributed by atoms with Gasteiger partial charge in [0.25, 0.3) is 5.56 Å². The largest absolute Gasteiger partial charge is 0.510 e. The number of aromatic hydroxyl groups is 1. The number of benzene rings is 1. The van der Waals surface area contributed by atoms with Gasteiger partial charge in [-0.3, -0.25) is 24.0 Å². The number of aromatic amines is 1. The zero-order valence-corrected chi connectivity index (χ0v) is 25.3. The van der Waals surface area contributed by atoms with Crippen LogP contribution in [0.5, 0.6) is 11.5 Å². The molecule has 1 aromatic carbocycles. The highest BCUT2D eigenvalue weighted by Gasteiger charge is 2.59. The Balaban J connectivity index is 1.77. The number of H-pyrrole nitrogens is 1. The Morgan fingerprint density at radius 2 is 1.67 bits per heavy atom. The van der Waals surface area contributed by atoms with Crippen molar-refractivity contribution in [3.63, 3.8) is 0 Å². The maximum absolute atomic E-state index is 13.9. The lowest BCUT2D eigenvalue weighted by Gasteiger charge is -2.33. The number of aliphatic hydroxyl groups is 2. The van der Waals surface area contributed by atoms with Crippen LogP contribution in [-0.4, -0.2) is 52.0 Å². The van der Waals surface area contributed by atoms with Crippen LogP contribution in [0.25, 0.3) is 28.4 Å². The Hall–Kier alpha value is -4.94. The minimum atomic E-state index is -2.03. The van der Waals surface area contributed by atoms with Crippen LogP contribution in [0.2, 0.25) is 0 Å². The lowest BCUT2D eigenvalue weighted by Crippen LogP contribution is -2.51. The predicted molar refractivity (Wildman–Crippen MR) is 173 cm³/mol. The van der Waals surface area contributed by atoms with E-state index in [1.165, 1.54) is 11.8 Å². The fourth-order valence-corrected chi connectivity index (χ4v) is 8.14. The van der Waals surface area contributed by atoms with Crippen molar-refractivity contribution >= 4 is 40.1 Å². The second-order valence-electron chi connectivity index (χ2n) is 10.9. The molecule has 0 saturated carbocycles. The molecule has 1 heterocycles. The quantitative estimate of drug-likeness (QED) is 0.138. The second-order valence-corrected chi connectivity index (χ2v) is 12.2. The molecule has 0 bridgehead atoms. The van der Waals surface area contributed by atoms with Crippen LogP contribution in [0, 0.1) is 10.4 Å². The van der Waals surface area contributed by atoms with Crippen molar-refractivity contribution in [3.05, 3.63) is 125 Å². The summed E-state index contributed by atoms with van der Waals surface area (Å²) in [5.74, 6) is -1.99. The van der Waals surface area contributed by atoms with Crippen molar-refractivity contribution in [1.29, 1.82) is 0 Å². The number of phenolic OH excluding ortho intramolecular Hbond substituents is 1. The van der Waals surface area contributed by atoms with Crippen LogP contribution in [0.4, 0.5) is 0 Å². The van der Waals surface area contributed by atoms with Gasteiger partial charge in [-0.1, -0.05) is 24.3 Å². The summed E-state index contributed by atoms with van der Waals surface area (Å²) in [5.41, 5.74) is -5.93. The van der Waals surface area contributed by atoms with Crippen LogP contribution in [-0.2, 0) is 11.8 Å². The molecule has 0 amide bonds. The number of thioether (sulfide) groups is 1. The molecule has 2 atom stereocenters. The summed E-state index contributed by atoms with van der Waals surface area (Å²) < 4.78 is 4.95. The van der Waals surface area contributed by atoms with E-state index in [4.69, 9.17) is 4.74 Å². The number of hydrogen-bond donors (Lipinski definition) is 5. The molecule has 0 saturated heterocycles. The lowest BCUT2D eigenvalue weighted by molar-refractivity contribution is 0.366. The van der Waals surface area contributed by atoms with Crippen molar-refractivity contribution in [2.75, 3.05) is 26.5 Å². The van der Waals surface area contributed by atoms with E-state index < -0.39 is 81.8 Å². The van der Waals surface area contributed by atoms with Crippen molar-refractivity contribution in [2.45, 2.75) is 24.0 Å². The first kappa shape index (κ1) is 30.1. The minimum Gasteiger partial charge on any atom is -0.510 e. The van der Waals surface area contributed by atoms with E-state index in [-0.39, 0.29) is 17.4 Å². The van der Waals surface area contributed by atoms with Gasteiger partial charge in [0.15, 0.2) is 11.2 Å². The fraction of sp³-hybridized carbons (Fsp3) is 0.242. The number of ether oxygens (including phenoxy) is 1. The van der Waals surface area contributed by atoms with Gasteiger partial charge in [0.1, 0.15) is 22.7 Å². The van der Waals surface area contributed by atoms with Crippen LogP contribution in [0.15, 0.2) is 60.4 Å². The Morgan fingerprint density at radius 1 is 0.978 bits per heavy atom. The molecule has 6 rings (SSSR count). The summed E-state index contributed by atoms with van der Waals surface area (Å²) in [4.78, 5) is 69.9. The van der Waals surface area contributed by atoms with Crippen molar-refractivity contribution in [2.24, 2.45) is 0 Å². The van der Waals surface area contributed by atoms with Crippen molar-refractivity contribution in [1.82, 2.24) is 10.3 Å². The van der Waals surface area contributed by atoms with Gasteiger partial charge in [-0.15, -0.1) is 0 Å². The normalized spacial score (nSPS) is 19.1. The van der Waals surface area contributed by atoms with Gasteiger partial charge in [-0.25, -0.2) is 0 Å². The second kappa shape index (κ2) is 10.9. The summed E-state index contributed by atoms with van der Waals surface area (Å²) in [6, 6.07) is 4.16. The third kappa shape index (κ3) is 4.05. The molecule has 12 heteroatoms. The van der Waals surface area contributed by atoms with E-state index in [1.807, 2.05) is 13.0 Å². The molecule has 2 aromatic rings. The molecule has 1 spiro atoms. The summed E-state index contributed by atoms with van der Waals surface area (Å²) >= 11 is 1.32. The molecule has 45 heavy (non-hydrogen) atoms. The van der Waals surface area contributed by atoms with Crippen molar-refractivity contribution < 1.29 is 20.1 Å². The van der Waals surface area contributed by atoms with E-state index in [0.717, 1.165) is 13.2 Å². The van der Waals surface area contributed by atoms with Gasteiger partial charge in [0.05, 0.1) is 33.4 Å². The average molecular weight is 629 g/mol. The third-order valence-electron chi connectivity index (χ3n) is 8.55. The van der Waals surface area contributed by atoms with Gasteiger partial charge in [-0.2, -0.15) is 11.8 Å². The first-order valence-corrected chi connectivity index (χ1v) is 15.1. The topological polar surface area (TPSA) is 183 Å². The summed E-state index contributed by atoms with van der Waals surface area (Å²) in [5, 5.41) is 35.6. The number of aliphatic hydroxyl groups excluding tert-OH is 2. The predicted octanol–water partition coefficient (Wildman–Crippen LogP) is 0.0341. The molecular weight excluding hydrogens is 600 g/mol. The van der Waals surface area contributed by atoms with Crippen LogP contribution in [0.1, 0.15) is 23.7 Å². The van der Waals surface area contributed by atoms with E-state index in [0.29, 0.717) is 28.9 Å². The first-order valence-electron chi connectivity index (χ1n) is 14.1. The van der Waals surface area contributed by atoms with Gasteiger partial charge < -0.3 is 30.4 Å². The highest BCUT2D eigenvalue weighted by Crippen LogP contribution is 2.57. The highest BCUT2D eigenvalue weighted by molar-refractivity contribution is 8.00. The molecule has 4 aliphatic rings. The van der Waals surface area contributed by atoms with Gasteiger partial charge >= 0.3 is 0 Å². The van der Waals surface area contributed by atoms with Crippen LogP contribution >= 0.6 is 11.8 Å². The monoisotopic (exact) mass is 628 g/mol. The van der Waals surface area contributed by atoms with Crippen LogP contribution in [0.3, 0.4) is 0 Å². The number of methoxy groups -OCH3 is 1. The molecule has 0 fully saturated rings. The maximum atomic E-state index is 13.9. The molecular formula is C33H28N2O9S. The number of allylic oxidation sites excluding steroid dienone is 3. The Kier molecular flexibility index (Phi) is 7.29. The zero-order valence-electron chi connectivity index (χ0n) is 24.4. The Morgan fingerprint density at radius 3 is 2.31 bits per heavy atom. The Bertz CT molecular complexity index is 2480. The number of nitrogens with one attached hydrogen (secondary N) is 2. The molecule has 0 radical (unpaired) electrons. The number of fused-ring (bicyclic) bond motifs is 4. The summed E-state index contributed by atoms with van der Waals surface area (Å²) in [6.45, 7) is 2.38. The molecule has 0 aliphatic heterocycles. The summed E-state index contributed by atoms with van der Waals surface area (Å²) in [6.07, 6.45) is 7.21. The number of hydrogen-bond acceptors (Lipinski definition) is 11. The lowest BCUT2D eigenvalue weighted by atomic mass is 9.78. The molecule has 5 N–H and O–H groups in total. The molecule has 1 unspecified atom stereocenters. The van der Waals surface area contributed by atoms with E-state index in [1.54, 1.807) is 37.4 Å². The molecule has 1 aromatic heterocycles. The molecule has 4 aliphatic carbocycles. The van der Waals surface area contributed by atoms with E-state index in [2.05, 4.69) is 10.3 Å². The van der Waals surface area contributed by atoms with Crippen LogP contribution < -0.4 is 47.8 Å². The van der Waals surface area contributed by atoms with Gasteiger partial charge in [-0.05, 0) is 43.5 Å². The number of phenols is 1. The SMILES string of the molecule is C/C=C/C=C/c1cc2cc3c(c(O)c2c(=O)[nH]1)[C@@]1(C(O)=c2c(=O)c4c(=O)cc(OC)c(=O)c=4c(=O)c2=C1O)C(SCCNC)C3. The van der Waals surface area contributed by atoms with Gasteiger partial charge in [0, 0.05) is 34.9 Å². The smallest absolute Gasteiger partial charge is 0.260 e. The number of pyridine rings is 1. The van der Waals surface area contributed by atoms with Crippen molar-refractivity contribution in [3.8, 4) is 11.5 Å². The minimum absolute atomic E-state index is 0.0315. The fourth-order valence-electron chi connectivity index (χ4n) is 6.65. The van der Waals surface area contributed by atoms with E-state index >= 15 is 0 Å². The third-order valence-corrected chi connectivity index (χ3v) is 9.91. The molecule has 230 valence electrons. The highest BCUT2D eigenvalue weighted by atomic mass is 32.2. The first-order chi connectivity index (χ1) is 21.5. The summed E-state index contributed by atoms with van der Waals surface area (Å²) in [7, 11) is 2.88. The zero-order chi connectivity index (χ0) is 32.4. The standard InChI is InChI=1S/C33H28N2O9S/c1-4-5-6-7-16-11-14-10-15-12-19(45-9-8-34-2)33(25(15)29(40)20(14)32(43)35-16)30(41)23-24(31(33)42)28(39)22-21(27(23)38)17(36)13-18(44-3)26(22)37/h4-7,10-11,13,19,34,40-42H,8-9,12H2,1-3H3,(H,35,43)/b5-4+,7-6+/t19?,33-/m1/s1. The van der Waals surface area contributed by atoms with E-state index in [9.17, 15) is 39.3 Å².